The number of benzene rings is 3. The molecule has 0 spiro atoms. The Labute approximate surface area is 285 Å². The summed E-state index contributed by atoms with van der Waals surface area (Å²) >= 11 is 0. The zero-order chi connectivity index (χ0) is 38.2. The summed E-state index contributed by atoms with van der Waals surface area (Å²) in [7, 11) is 0. The van der Waals surface area contributed by atoms with Gasteiger partial charge in [-0.05, 0) is 36.1 Å². The summed E-state index contributed by atoms with van der Waals surface area (Å²) in [4.78, 5) is 65.0. The third-order valence-electron chi connectivity index (χ3n) is 8.12. The van der Waals surface area contributed by atoms with E-state index in [1.54, 1.807) is 0 Å². The summed E-state index contributed by atoms with van der Waals surface area (Å²) in [5.41, 5.74) is -1.09. The second-order valence-electron chi connectivity index (χ2n) is 11.4. The normalized spacial score (nSPS) is 17.2. The molecule has 0 saturated carbocycles. The van der Waals surface area contributed by atoms with Crippen molar-refractivity contribution in [3.05, 3.63) is 94.1 Å². The molecule has 0 fully saturated rings. The number of ketones is 1. The molecule has 0 radical (unpaired) electrons. The Kier molecular flexibility index (Phi) is 10.4. The van der Waals surface area contributed by atoms with E-state index in [9.17, 15) is 64.2 Å². The molecule has 2 heterocycles. The summed E-state index contributed by atoms with van der Waals surface area (Å²) in [5, 5.41) is 10.4. The molecule has 3 aromatic rings. The van der Waals surface area contributed by atoms with Gasteiger partial charge in [0, 0.05) is 12.5 Å². The van der Waals surface area contributed by atoms with Gasteiger partial charge in [-0.2, -0.15) is 17.6 Å². The molecule has 3 unspecified atom stereocenters. The number of Topliss-reactive ketones (excluding diaryl/α,β-unsaturated/α-hetero) is 1. The van der Waals surface area contributed by atoms with Gasteiger partial charge in [0.25, 0.3) is 5.91 Å². The van der Waals surface area contributed by atoms with Crippen LogP contribution in [0.2, 0.25) is 0 Å². The van der Waals surface area contributed by atoms with Gasteiger partial charge < -0.3 is 19.9 Å². The molecule has 52 heavy (non-hydrogen) atoms. The second-order valence-corrected chi connectivity index (χ2v) is 11.4. The van der Waals surface area contributed by atoms with Gasteiger partial charge in [0.2, 0.25) is 17.5 Å². The lowest BCUT2D eigenvalue weighted by molar-refractivity contribution is -0.225. The van der Waals surface area contributed by atoms with Crippen LogP contribution in [0.4, 0.5) is 50.1 Å². The van der Waals surface area contributed by atoms with Gasteiger partial charge in [0.1, 0.15) is 30.3 Å². The third kappa shape index (κ3) is 7.17. The standard InChI is InChI=1S/C32H22F9N3O8/c33-16-6-2-5-15(24(16)36)32(39,40)52-31(50)44(41)20-8-7-13-3-1-4-14-9-21(43(27(13)14)30(20)49)29(48)42-19(11-23(46)47)22(45)12-51-28-25(37)17(34)10-18(35)26(28)38/h1-6,10,19-21H,7-9,11-12H2,(H,42,48)(H,46,47). The Hall–Kier alpha value is -5.82. The highest BCUT2D eigenvalue weighted by atomic mass is 19.3. The molecular formula is C32H22F9N3O8. The highest BCUT2D eigenvalue weighted by molar-refractivity contribution is 6.08. The van der Waals surface area contributed by atoms with Crippen molar-refractivity contribution in [1.29, 1.82) is 0 Å². The lowest BCUT2D eigenvalue weighted by Gasteiger charge is -2.30. The first-order valence-corrected chi connectivity index (χ1v) is 14.9. The van der Waals surface area contributed by atoms with Crippen LogP contribution in [0.1, 0.15) is 29.5 Å². The Morgan fingerprint density at radius 3 is 2.23 bits per heavy atom. The summed E-state index contributed by atoms with van der Waals surface area (Å²) < 4.78 is 136. The van der Waals surface area contributed by atoms with Gasteiger partial charge >= 0.3 is 18.2 Å². The van der Waals surface area contributed by atoms with E-state index in [1.165, 1.54) is 18.2 Å². The van der Waals surface area contributed by atoms with Crippen LogP contribution < -0.4 is 15.0 Å². The van der Waals surface area contributed by atoms with Gasteiger partial charge in [-0.25, -0.2) is 22.4 Å². The average molecular weight is 748 g/mol. The molecule has 3 atom stereocenters. The number of nitrogens with one attached hydrogen (secondary N) is 1. The molecule has 0 bridgehead atoms. The number of para-hydroxylation sites is 1. The van der Waals surface area contributed by atoms with Gasteiger partial charge in [-0.1, -0.05) is 28.7 Å². The number of ether oxygens (including phenoxy) is 2. The number of anilines is 1. The van der Waals surface area contributed by atoms with E-state index in [4.69, 9.17) is 0 Å². The number of halogens is 9. The number of carbonyl (C=O) groups excluding carboxylic acids is 4. The van der Waals surface area contributed by atoms with Crippen molar-refractivity contribution in [2.75, 3.05) is 11.5 Å². The van der Waals surface area contributed by atoms with Crippen LogP contribution in [-0.4, -0.2) is 64.6 Å². The maximum atomic E-state index is 15.5. The molecule has 5 rings (SSSR count). The second kappa shape index (κ2) is 14.4. The lowest BCUT2D eigenvalue weighted by Crippen LogP contribution is -2.56. The molecule has 2 N–H and O–H groups in total. The van der Waals surface area contributed by atoms with Crippen LogP contribution in [-0.2, 0) is 42.9 Å². The number of nitrogens with zero attached hydrogens (tertiary/aromatic N) is 2. The lowest BCUT2D eigenvalue weighted by atomic mass is 10.0. The highest BCUT2D eigenvalue weighted by Gasteiger charge is 2.49. The first-order valence-electron chi connectivity index (χ1n) is 14.9. The van der Waals surface area contributed by atoms with Gasteiger partial charge in [-0.3, -0.25) is 24.1 Å². The third-order valence-corrected chi connectivity index (χ3v) is 8.12. The Bertz CT molecular complexity index is 1960. The fourth-order valence-electron chi connectivity index (χ4n) is 5.71. The Morgan fingerprint density at radius 2 is 1.58 bits per heavy atom. The SMILES string of the molecule is O=C(O)CC(NC(=O)C1Cc2cccc3c2N1C(=O)C(N(F)C(=O)OC(F)(F)c1cccc(F)c1F)CC3)C(=O)COc1c(F)c(F)cc(F)c1F. The van der Waals surface area contributed by atoms with Crippen molar-refractivity contribution in [3.63, 3.8) is 0 Å². The van der Waals surface area contributed by atoms with E-state index >= 15 is 4.48 Å². The molecule has 3 aromatic carbocycles. The van der Waals surface area contributed by atoms with Crippen molar-refractivity contribution in [2.45, 2.75) is 49.9 Å². The minimum Gasteiger partial charge on any atom is -0.481 e. The molecule has 276 valence electrons. The largest absolute Gasteiger partial charge is 0.481 e. The van der Waals surface area contributed by atoms with Crippen molar-refractivity contribution >= 4 is 35.3 Å². The van der Waals surface area contributed by atoms with Crippen molar-refractivity contribution in [2.24, 2.45) is 0 Å². The zero-order valence-electron chi connectivity index (χ0n) is 25.9. The number of amides is 3. The molecule has 0 saturated heterocycles. The van der Waals surface area contributed by atoms with Gasteiger partial charge in [-0.15, -0.1) is 5.12 Å². The fourth-order valence-corrected chi connectivity index (χ4v) is 5.71. The summed E-state index contributed by atoms with van der Waals surface area (Å²) in [6.45, 7) is -1.42. The van der Waals surface area contributed by atoms with Crippen LogP contribution in [0.5, 0.6) is 5.75 Å². The van der Waals surface area contributed by atoms with Crippen molar-refractivity contribution in [3.8, 4) is 5.75 Å². The maximum absolute atomic E-state index is 15.5. The molecule has 2 aliphatic rings. The van der Waals surface area contributed by atoms with Gasteiger partial charge in [0.05, 0.1) is 12.1 Å². The van der Waals surface area contributed by atoms with Crippen LogP contribution in [0.3, 0.4) is 0 Å². The highest BCUT2D eigenvalue weighted by Crippen LogP contribution is 2.41. The predicted molar refractivity (Wildman–Crippen MR) is 154 cm³/mol. The fraction of sp³-hybridized carbons (Fsp3) is 0.281. The van der Waals surface area contributed by atoms with Gasteiger partial charge in [0.15, 0.2) is 34.8 Å². The zero-order valence-corrected chi connectivity index (χ0v) is 25.9. The Balaban J connectivity index is 1.37. The van der Waals surface area contributed by atoms with E-state index < -0.39 is 125 Å². The van der Waals surface area contributed by atoms with E-state index in [0.717, 1.165) is 0 Å². The monoisotopic (exact) mass is 747 g/mol. The number of hydrogen-bond donors (Lipinski definition) is 2. The quantitative estimate of drug-likeness (QED) is 0.162. The van der Waals surface area contributed by atoms with Crippen LogP contribution in [0, 0.1) is 34.9 Å². The minimum atomic E-state index is -4.93. The molecule has 0 aliphatic carbocycles. The average Bonchev–Trinajstić information content (AvgIpc) is 3.41. The number of aryl methyl sites for hydroxylation is 1. The molecule has 3 amide bonds. The predicted octanol–water partition coefficient (Wildman–Crippen LogP) is 4.77. The Morgan fingerprint density at radius 1 is 0.942 bits per heavy atom. The van der Waals surface area contributed by atoms with Crippen molar-refractivity contribution < 1.29 is 78.2 Å². The number of hydrogen-bond acceptors (Lipinski definition) is 7. The van der Waals surface area contributed by atoms with E-state index in [0.29, 0.717) is 34.2 Å². The molecular weight excluding hydrogens is 725 g/mol. The van der Waals surface area contributed by atoms with Crippen LogP contribution >= 0.6 is 0 Å². The first kappa shape index (κ1) is 37.4. The number of carboxylic acids is 1. The number of aliphatic carboxylic acids is 1. The molecule has 0 aromatic heterocycles. The topological polar surface area (TPSA) is 143 Å². The molecule has 2 aliphatic heterocycles. The van der Waals surface area contributed by atoms with Crippen molar-refractivity contribution in [1.82, 2.24) is 10.4 Å². The van der Waals surface area contributed by atoms with E-state index in [-0.39, 0.29) is 24.6 Å². The molecule has 11 nitrogen and oxygen atoms in total. The summed E-state index contributed by atoms with van der Waals surface area (Å²) in [5.74, 6) is -19.0. The number of carbonyl (C=O) groups is 5. The summed E-state index contributed by atoms with van der Waals surface area (Å²) in [6.07, 6.45) is -9.69. The number of rotatable bonds is 11. The van der Waals surface area contributed by atoms with Crippen LogP contribution in [0.15, 0.2) is 42.5 Å². The van der Waals surface area contributed by atoms with E-state index in [1.807, 2.05) is 5.32 Å². The minimum absolute atomic E-state index is 0.0487. The summed E-state index contributed by atoms with van der Waals surface area (Å²) in [6, 6.07) is -0.209. The number of carboxylic acid groups (broad SMARTS) is 1. The maximum Gasteiger partial charge on any atom is 0.443 e. The van der Waals surface area contributed by atoms with E-state index in [2.05, 4.69) is 9.47 Å². The number of alkyl halides is 2. The first-order chi connectivity index (χ1) is 24.4. The smallest absolute Gasteiger partial charge is 0.443 e. The van der Waals surface area contributed by atoms with Crippen LogP contribution in [0.25, 0.3) is 0 Å². The molecule has 20 heteroatoms.